The molecular weight excluding hydrogens is 328 g/mol. The van der Waals surface area contributed by atoms with Gasteiger partial charge in [0.2, 0.25) is 5.91 Å². The summed E-state index contributed by atoms with van der Waals surface area (Å²) in [6, 6.07) is 5.95. The van der Waals surface area contributed by atoms with Crippen LogP contribution in [0, 0.1) is 12.8 Å². The summed E-state index contributed by atoms with van der Waals surface area (Å²) in [4.78, 5) is 12.0. The van der Waals surface area contributed by atoms with E-state index in [0.717, 1.165) is 48.5 Å². The number of nitrogens with one attached hydrogen (secondary N) is 1. The van der Waals surface area contributed by atoms with E-state index in [1.807, 2.05) is 36.0 Å². The number of anilines is 1. The largest absolute Gasteiger partial charge is 0.376 e. The van der Waals surface area contributed by atoms with Crippen LogP contribution in [0.4, 0.5) is 5.69 Å². The number of rotatable bonds is 6. The average Bonchev–Trinajstić information content (AvgIpc) is 3.32. The topological polar surface area (TPSA) is 69.0 Å². The summed E-state index contributed by atoms with van der Waals surface area (Å²) in [6.07, 6.45) is 8.69. The highest BCUT2D eigenvalue weighted by molar-refractivity contribution is 5.91. The van der Waals surface area contributed by atoms with Crippen molar-refractivity contribution < 1.29 is 9.53 Å². The molecule has 0 bridgehead atoms. The van der Waals surface area contributed by atoms with Gasteiger partial charge in [0.1, 0.15) is 5.69 Å². The minimum Gasteiger partial charge on any atom is -0.376 e. The summed E-state index contributed by atoms with van der Waals surface area (Å²) in [5, 5.41) is 11.6. The number of carbonyl (C=O) groups is 1. The van der Waals surface area contributed by atoms with Crippen molar-refractivity contribution in [2.75, 3.05) is 11.9 Å². The Morgan fingerprint density at radius 1 is 1.31 bits per heavy atom. The van der Waals surface area contributed by atoms with Gasteiger partial charge >= 0.3 is 0 Å². The van der Waals surface area contributed by atoms with Crippen LogP contribution in [0.2, 0.25) is 0 Å². The van der Waals surface area contributed by atoms with Gasteiger partial charge in [0.25, 0.3) is 0 Å². The molecule has 6 nitrogen and oxygen atoms in total. The smallest absolute Gasteiger partial charge is 0.224 e. The number of nitrogens with zero attached hydrogens (tertiary/aromatic N) is 3. The first-order valence-corrected chi connectivity index (χ1v) is 9.60. The lowest BCUT2D eigenvalue weighted by Gasteiger charge is -2.21. The number of aryl methyl sites for hydroxylation is 1. The lowest BCUT2D eigenvalue weighted by Crippen LogP contribution is -2.24. The fourth-order valence-corrected chi connectivity index (χ4v) is 3.50. The van der Waals surface area contributed by atoms with Crippen LogP contribution < -0.4 is 5.32 Å². The summed E-state index contributed by atoms with van der Waals surface area (Å²) in [7, 11) is 0. The Labute approximate surface area is 153 Å². The number of aromatic nitrogens is 3. The SMILES string of the molecule is Cc1cc(NC(=O)CC2CC2)ccc1-c1cn(CC2CCCCO2)nn1. The first-order chi connectivity index (χ1) is 12.7. The van der Waals surface area contributed by atoms with Crippen LogP contribution in [0.25, 0.3) is 11.3 Å². The van der Waals surface area contributed by atoms with Crippen LogP contribution >= 0.6 is 0 Å². The summed E-state index contributed by atoms with van der Waals surface area (Å²) < 4.78 is 7.65. The van der Waals surface area contributed by atoms with Crippen molar-refractivity contribution in [1.29, 1.82) is 0 Å². The zero-order valence-corrected chi connectivity index (χ0v) is 15.3. The predicted molar refractivity (Wildman–Crippen MR) is 99.8 cm³/mol. The van der Waals surface area contributed by atoms with Crippen molar-refractivity contribution >= 4 is 11.6 Å². The first kappa shape index (κ1) is 17.2. The molecule has 2 aliphatic rings. The standard InChI is InChI=1S/C20H26N4O2/c1-14-10-16(21-20(25)11-15-5-6-15)7-8-18(14)19-13-24(23-22-19)12-17-4-2-3-9-26-17/h7-8,10,13,15,17H,2-6,9,11-12H2,1H3,(H,21,25). The Morgan fingerprint density at radius 2 is 2.19 bits per heavy atom. The quantitative estimate of drug-likeness (QED) is 0.861. The number of hydrogen-bond acceptors (Lipinski definition) is 4. The van der Waals surface area contributed by atoms with Crippen LogP contribution in [-0.4, -0.2) is 33.6 Å². The molecule has 0 spiro atoms. The maximum Gasteiger partial charge on any atom is 0.224 e. The third-order valence-electron chi connectivity index (χ3n) is 5.16. The van der Waals surface area contributed by atoms with Gasteiger partial charge in [-0.2, -0.15) is 0 Å². The normalized spacial score (nSPS) is 20.1. The van der Waals surface area contributed by atoms with E-state index in [1.165, 1.54) is 19.3 Å². The minimum absolute atomic E-state index is 0.109. The maximum atomic E-state index is 12.0. The van der Waals surface area contributed by atoms with E-state index in [9.17, 15) is 4.79 Å². The molecule has 1 N–H and O–H groups in total. The molecule has 1 aromatic heterocycles. The molecule has 1 unspecified atom stereocenters. The van der Waals surface area contributed by atoms with Gasteiger partial charge in [-0.05, 0) is 62.6 Å². The molecule has 6 heteroatoms. The third-order valence-corrected chi connectivity index (χ3v) is 5.16. The Morgan fingerprint density at radius 3 is 2.92 bits per heavy atom. The van der Waals surface area contributed by atoms with Crippen molar-refractivity contribution in [3.63, 3.8) is 0 Å². The molecule has 26 heavy (non-hydrogen) atoms. The van der Waals surface area contributed by atoms with E-state index < -0.39 is 0 Å². The second kappa shape index (κ2) is 7.58. The maximum absolute atomic E-state index is 12.0. The number of hydrogen-bond donors (Lipinski definition) is 1. The van der Waals surface area contributed by atoms with E-state index in [4.69, 9.17) is 4.74 Å². The molecule has 2 fully saturated rings. The molecule has 0 radical (unpaired) electrons. The molecule has 138 valence electrons. The summed E-state index contributed by atoms with van der Waals surface area (Å²) >= 11 is 0. The lowest BCUT2D eigenvalue weighted by atomic mass is 10.1. The van der Waals surface area contributed by atoms with Gasteiger partial charge < -0.3 is 10.1 Å². The summed E-state index contributed by atoms with van der Waals surface area (Å²) in [6.45, 7) is 3.63. The lowest BCUT2D eigenvalue weighted by molar-refractivity contribution is -0.116. The highest BCUT2D eigenvalue weighted by Gasteiger charge is 2.24. The second-order valence-electron chi connectivity index (χ2n) is 7.54. The molecule has 2 aromatic rings. The Balaban J connectivity index is 1.41. The number of benzene rings is 1. The Hall–Kier alpha value is -2.21. The first-order valence-electron chi connectivity index (χ1n) is 9.60. The van der Waals surface area contributed by atoms with Crippen molar-refractivity contribution in [2.24, 2.45) is 5.92 Å². The highest BCUT2D eigenvalue weighted by Crippen LogP contribution is 2.32. The monoisotopic (exact) mass is 354 g/mol. The predicted octanol–water partition coefficient (Wildman–Crippen LogP) is 3.56. The fraction of sp³-hybridized carbons (Fsp3) is 0.550. The zero-order valence-electron chi connectivity index (χ0n) is 15.3. The molecule has 1 saturated heterocycles. The molecule has 2 heterocycles. The van der Waals surface area contributed by atoms with Gasteiger partial charge in [-0.1, -0.05) is 11.3 Å². The van der Waals surface area contributed by atoms with Gasteiger partial charge in [-0.15, -0.1) is 5.10 Å². The summed E-state index contributed by atoms with van der Waals surface area (Å²) in [5.74, 6) is 0.705. The summed E-state index contributed by atoms with van der Waals surface area (Å²) in [5.41, 5.74) is 3.82. The number of carbonyl (C=O) groups excluding carboxylic acids is 1. The molecule has 4 rings (SSSR count). The molecule has 1 amide bonds. The van der Waals surface area contributed by atoms with Gasteiger partial charge in [-0.25, -0.2) is 4.68 Å². The second-order valence-corrected chi connectivity index (χ2v) is 7.54. The molecule has 1 aromatic carbocycles. The van der Waals surface area contributed by atoms with E-state index >= 15 is 0 Å². The van der Waals surface area contributed by atoms with Crippen molar-refractivity contribution in [1.82, 2.24) is 15.0 Å². The van der Waals surface area contributed by atoms with Gasteiger partial charge in [0.15, 0.2) is 0 Å². The Kier molecular flexibility index (Phi) is 5.02. The van der Waals surface area contributed by atoms with Crippen molar-refractivity contribution in [3.05, 3.63) is 30.0 Å². The molecule has 1 aliphatic heterocycles. The molecule has 1 aliphatic carbocycles. The van der Waals surface area contributed by atoms with E-state index in [1.54, 1.807) is 0 Å². The average molecular weight is 354 g/mol. The van der Waals surface area contributed by atoms with Crippen LogP contribution in [0.5, 0.6) is 0 Å². The van der Waals surface area contributed by atoms with Gasteiger partial charge in [0.05, 0.1) is 18.8 Å². The number of ether oxygens (including phenoxy) is 1. The zero-order chi connectivity index (χ0) is 17.9. The minimum atomic E-state index is 0.109. The molecular formula is C20H26N4O2. The van der Waals surface area contributed by atoms with E-state index in [-0.39, 0.29) is 12.0 Å². The fourth-order valence-electron chi connectivity index (χ4n) is 3.50. The van der Waals surface area contributed by atoms with Crippen LogP contribution in [0.15, 0.2) is 24.4 Å². The van der Waals surface area contributed by atoms with Crippen LogP contribution in [0.3, 0.4) is 0 Å². The van der Waals surface area contributed by atoms with E-state index in [2.05, 4.69) is 15.6 Å². The Bertz CT molecular complexity index is 776. The van der Waals surface area contributed by atoms with Crippen LogP contribution in [0.1, 0.15) is 44.1 Å². The van der Waals surface area contributed by atoms with Crippen molar-refractivity contribution in [2.45, 2.75) is 58.1 Å². The number of amides is 1. The van der Waals surface area contributed by atoms with Crippen molar-refractivity contribution in [3.8, 4) is 11.3 Å². The molecule has 1 saturated carbocycles. The van der Waals surface area contributed by atoms with E-state index in [0.29, 0.717) is 12.3 Å². The van der Waals surface area contributed by atoms with Crippen LogP contribution in [-0.2, 0) is 16.1 Å². The van der Waals surface area contributed by atoms with Gasteiger partial charge in [-0.3, -0.25) is 4.79 Å². The molecule has 1 atom stereocenters. The van der Waals surface area contributed by atoms with Gasteiger partial charge in [0, 0.05) is 24.3 Å². The highest BCUT2D eigenvalue weighted by atomic mass is 16.5. The third kappa shape index (κ3) is 4.30.